The highest BCUT2D eigenvalue weighted by Crippen LogP contribution is 2.39. The van der Waals surface area contributed by atoms with Gasteiger partial charge in [0.25, 0.3) is 0 Å². The number of halogens is 1. The molecule has 2 unspecified atom stereocenters. The van der Waals surface area contributed by atoms with Gasteiger partial charge in [-0.05, 0) is 34.5 Å². The lowest BCUT2D eigenvalue weighted by Crippen LogP contribution is -2.37. The van der Waals surface area contributed by atoms with Crippen molar-refractivity contribution >= 4 is 15.9 Å². The number of hydrogen-bond donors (Lipinski definition) is 2. The molecule has 3 N–H and O–H groups in total. The summed E-state index contributed by atoms with van der Waals surface area (Å²) in [5.74, 6) is 0. The first-order chi connectivity index (χ1) is 7.68. The van der Waals surface area contributed by atoms with Crippen LogP contribution in [0.25, 0.3) is 0 Å². The maximum atomic E-state index is 10.3. The molecule has 1 aromatic rings. The molecule has 1 fully saturated rings. The third-order valence-electron chi connectivity index (χ3n) is 3.15. The second-order valence-electron chi connectivity index (χ2n) is 4.17. The molecule has 0 bridgehead atoms. The number of hydrogen-bond acceptors (Lipinski definition) is 4. The van der Waals surface area contributed by atoms with Gasteiger partial charge in [0.2, 0.25) is 0 Å². The molecular weight excluding hydrogens is 272 g/mol. The topological polar surface area (TPSA) is 68.4 Å². The third-order valence-corrected chi connectivity index (χ3v) is 3.62. The van der Waals surface area contributed by atoms with Crippen molar-refractivity contribution in [2.24, 2.45) is 11.1 Å². The van der Waals surface area contributed by atoms with E-state index in [1.807, 2.05) is 12.1 Å². The van der Waals surface area contributed by atoms with E-state index >= 15 is 0 Å². The van der Waals surface area contributed by atoms with Crippen molar-refractivity contribution in [3.63, 3.8) is 0 Å². The van der Waals surface area contributed by atoms with Crippen molar-refractivity contribution in [3.8, 4) is 0 Å². The van der Waals surface area contributed by atoms with Gasteiger partial charge < -0.3 is 15.6 Å². The zero-order valence-corrected chi connectivity index (χ0v) is 10.5. The minimum atomic E-state index is -0.659. The number of ether oxygens (including phenoxy) is 1. The number of pyridine rings is 1. The van der Waals surface area contributed by atoms with Crippen LogP contribution in [0, 0.1) is 5.41 Å². The van der Waals surface area contributed by atoms with Gasteiger partial charge in [-0.15, -0.1) is 0 Å². The molecule has 0 amide bonds. The Morgan fingerprint density at radius 2 is 2.44 bits per heavy atom. The average molecular weight is 287 g/mol. The standard InChI is InChI=1S/C11H15BrN2O2/c12-8-1-2-9(14-5-8)10(15)11(6-13)3-4-16-7-11/h1-2,5,10,15H,3-4,6-7,13H2. The van der Waals surface area contributed by atoms with Crippen molar-refractivity contribution in [3.05, 3.63) is 28.5 Å². The van der Waals surface area contributed by atoms with Crippen molar-refractivity contribution in [2.45, 2.75) is 12.5 Å². The largest absolute Gasteiger partial charge is 0.386 e. The Kier molecular flexibility index (Phi) is 3.59. The minimum Gasteiger partial charge on any atom is -0.386 e. The summed E-state index contributed by atoms with van der Waals surface area (Å²) in [6, 6.07) is 3.68. The zero-order chi connectivity index (χ0) is 11.6. The SMILES string of the molecule is NCC1(C(O)c2ccc(Br)cn2)CCOC1. The predicted molar refractivity (Wildman–Crippen MR) is 63.8 cm³/mol. The van der Waals surface area contributed by atoms with Gasteiger partial charge in [-0.3, -0.25) is 4.98 Å². The van der Waals surface area contributed by atoms with Crippen LogP contribution in [0.3, 0.4) is 0 Å². The minimum absolute atomic E-state index is 0.374. The zero-order valence-electron chi connectivity index (χ0n) is 8.90. The molecule has 2 heterocycles. The van der Waals surface area contributed by atoms with E-state index in [9.17, 15) is 5.11 Å². The van der Waals surface area contributed by atoms with Crippen molar-refractivity contribution in [1.82, 2.24) is 4.98 Å². The quantitative estimate of drug-likeness (QED) is 0.877. The lowest BCUT2D eigenvalue weighted by Gasteiger charge is -2.30. The molecule has 2 rings (SSSR count). The van der Waals surface area contributed by atoms with Gasteiger partial charge in [0.05, 0.1) is 12.3 Å². The molecule has 2 atom stereocenters. The van der Waals surface area contributed by atoms with Crippen LogP contribution < -0.4 is 5.73 Å². The molecule has 0 saturated carbocycles. The molecule has 1 aliphatic heterocycles. The Bertz CT molecular complexity index is 350. The predicted octanol–water partition coefficient (Wildman–Crippen LogP) is 1.24. The highest BCUT2D eigenvalue weighted by atomic mass is 79.9. The van der Waals surface area contributed by atoms with Crippen LogP contribution in [0.1, 0.15) is 18.2 Å². The van der Waals surface area contributed by atoms with E-state index < -0.39 is 6.10 Å². The summed E-state index contributed by atoms with van der Waals surface area (Å²) < 4.78 is 6.24. The monoisotopic (exact) mass is 286 g/mol. The van der Waals surface area contributed by atoms with Crippen LogP contribution in [0.15, 0.2) is 22.8 Å². The van der Waals surface area contributed by atoms with E-state index in [0.717, 1.165) is 10.9 Å². The summed E-state index contributed by atoms with van der Waals surface area (Å²) >= 11 is 3.32. The Morgan fingerprint density at radius 1 is 1.62 bits per heavy atom. The van der Waals surface area contributed by atoms with Crippen molar-refractivity contribution in [1.29, 1.82) is 0 Å². The van der Waals surface area contributed by atoms with Crippen molar-refractivity contribution < 1.29 is 9.84 Å². The van der Waals surface area contributed by atoms with Gasteiger partial charge >= 0.3 is 0 Å². The van der Waals surface area contributed by atoms with Crippen LogP contribution in [-0.2, 0) is 4.74 Å². The van der Waals surface area contributed by atoms with Crippen LogP contribution in [0.4, 0.5) is 0 Å². The second-order valence-corrected chi connectivity index (χ2v) is 5.09. The molecule has 0 spiro atoms. The fourth-order valence-corrected chi connectivity index (χ4v) is 2.21. The van der Waals surface area contributed by atoms with E-state index in [2.05, 4.69) is 20.9 Å². The Hall–Kier alpha value is -0.490. The van der Waals surface area contributed by atoms with Gasteiger partial charge in [-0.1, -0.05) is 0 Å². The highest BCUT2D eigenvalue weighted by molar-refractivity contribution is 9.10. The van der Waals surface area contributed by atoms with Gasteiger partial charge in [-0.2, -0.15) is 0 Å². The Morgan fingerprint density at radius 3 is 2.94 bits per heavy atom. The number of rotatable bonds is 3. The van der Waals surface area contributed by atoms with Crippen LogP contribution >= 0.6 is 15.9 Å². The molecule has 0 radical (unpaired) electrons. The van der Waals surface area contributed by atoms with Crippen molar-refractivity contribution in [2.75, 3.05) is 19.8 Å². The number of aliphatic hydroxyl groups excluding tert-OH is 1. The number of aliphatic hydroxyl groups is 1. The fourth-order valence-electron chi connectivity index (χ4n) is 1.97. The molecule has 1 saturated heterocycles. The normalized spacial score (nSPS) is 26.9. The molecule has 88 valence electrons. The maximum Gasteiger partial charge on any atom is 0.105 e. The van der Waals surface area contributed by atoms with E-state index in [0.29, 0.717) is 25.5 Å². The lowest BCUT2D eigenvalue weighted by molar-refractivity contribution is 0.0162. The number of nitrogens with two attached hydrogens (primary N) is 1. The average Bonchev–Trinajstić information content (AvgIpc) is 2.79. The smallest absolute Gasteiger partial charge is 0.105 e. The first-order valence-corrected chi connectivity index (χ1v) is 6.04. The molecule has 0 aliphatic carbocycles. The van der Waals surface area contributed by atoms with Gasteiger partial charge in [0.15, 0.2) is 0 Å². The third kappa shape index (κ3) is 2.13. The number of nitrogens with zero attached hydrogens (tertiary/aromatic N) is 1. The summed E-state index contributed by atoms with van der Waals surface area (Å²) in [7, 11) is 0. The second kappa shape index (κ2) is 4.79. The summed E-state index contributed by atoms with van der Waals surface area (Å²) in [5, 5.41) is 10.3. The van der Waals surface area contributed by atoms with E-state index in [1.54, 1.807) is 6.20 Å². The fraction of sp³-hybridized carbons (Fsp3) is 0.545. The molecule has 1 aromatic heterocycles. The summed E-state index contributed by atoms with van der Waals surface area (Å²) in [6.07, 6.45) is 1.80. The van der Waals surface area contributed by atoms with E-state index in [1.165, 1.54) is 0 Å². The van der Waals surface area contributed by atoms with Crippen LogP contribution in [0.2, 0.25) is 0 Å². The first kappa shape index (κ1) is 12.0. The molecule has 4 nitrogen and oxygen atoms in total. The molecule has 0 aromatic carbocycles. The van der Waals surface area contributed by atoms with Crippen LogP contribution in [-0.4, -0.2) is 29.8 Å². The summed E-state index contributed by atoms with van der Waals surface area (Å²) in [5.41, 5.74) is 6.04. The van der Waals surface area contributed by atoms with Gasteiger partial charge in [-0.25, -0.2) is 0 Å². The Balaban J connectivity index is 2.23. The van der Waals surface area contributed by atoms with Crippen LogP contribution in [0.5, 0.6) is 0 Å². The van der Waals surface area contributed by atoms with Gasteiger partial charge in [0, 0.05) is 29.2 Å². The van der Waals surface area contributed by atoms with Gasteiger partial charge in [0.1, 0.15) is 6.10 Å². The Labute approximate surface area is 103 Å². The maximum absolute atomic E-state index is 10.3. The summed E-state index contributed by atoms with van der Waals surface area (Å²) in [6.45, 7) is 1.57. The number of aromatic nitrogens is 1. The lowest BCUT2D eigenvalue weighted by atomic mass is 9.80. The first-order valence-electron chi connectivity index (χ1n) is 5.25. The van der Waals surface area contributed by atoms with E-state index in [4.69, 9.17) is 10.5 Å². The van der Waals surface area contributed by atoms with E-state index in [-0.39, 0.29) is 5.41 Å². The molecule has 1 aliphatic rings. The molecule has 16 heavy (non-hydrogen) atoms. The molecule has 5 heteroatoms. The summed E-state index contributed by atoms with van der Waals surface area (Å²) in [4.78, 5) is 4.21. The highest BCUT2D eigenvalue weighted by Gasteiger charge is 2.41. The molecular formula is C11H15BrN2O2.